The summed E-state index contributed by atoms with van der Waals surface area (Å²) in [5.41, 5.74) is 2.42. The second-order valence-electron chi connectivity index (χ2n) is 4.72. The van der Waals surface area contributed by atoms with Gasteiger partial charge in [0.1, 0.15) is 5.65 Å². The number of hydrogen-bond acceptors (Lipinski definition) is 2. The van der Waals surface area contributed by atoms with E-state index in [0.717, 1.165) is 24.1 Å². The molecule has 19 heavy (non-hydrogen) atoms. The topological polar surface area (TPSA) is 29.9 Å². The zero-order valence-electron chi connectivity index (χ0n) is 10.7. The normalized spacial score (nSPS) is 15.9. The molecule has 1 N–H and O–H groups in total. The lowest BCUT2D eigenvalue weighted by atomic mass is 9.94. The van der Waals surface area contributed by atoms with Gasteiger partial charge in [-0.1, -0.05) is 11.6 Å². The van der Waals surface area contributed by atoms with Gasteiger partial charge in [0.25, 0.3) is 0 Å². The number of piperidine rings is 1. The standard InChI is InChI=1S/C13H16ClN3.2ClH/c1-17-12(9-2-4-15-5-3-9)7-10-6-11(14)8-16-13(10)17;;/h6-9,15H,2-5H2,1H3;2*1H. The third kappa shape index (κ3) is 3.16. The maximum Gasteiger partial charge on any atom is 0.139 e. The largest absolute Gasteiger partial charge is 0.332 e. The van der Waals surface area contributed by atoms with Crippen molar-refractivity contribution in [3.05, 3.63) is 29.0 Å². The molecular weight excluding hydrogens is 305 g/mol. The smallest absolute Gasteiger partial charge is 0.139 e. The van der Waals surface area contributed by atoms with Crippen molar-refractivity contribution in [2.24, 2.45) is 7.05 Å². The number of aromatic nitrogens is 2. The molecule has 2 aromatic rings. The minimum absolute atomic E-state index is 0. The molecule has 106 valence electrons. The van der Waals surface area contributed by atoms with Crippen LogP contribution in [-0.2, 0) is 7.05 Å². The van der Waals surface area contributed by atoms with E-state index in [1.165, 1.54) is 18.5 Å². The van der Waals surface area contributed by atoms with E-state index in [1.54, 1.807) is 6.20 Å². The molecule has 0 spiro atoms. The predicted molar refractivity (Wildman–Crippen MR) is 85.1 cm³/mol. The van der Waals surface area contributed by atoms with Crippen molar-refractivity contribution < 1.29 is 0 Å². The van der Waals surface area contributed by atoms with Crippen LogP contribution in [0.2, 0.25) is 5.02 Å². The van der Waals surface area contributed by atoms with Crippen molar-refractivity contribution in [2.45, 2.75) is 18.8 Å². The zero-order chi connectivity index (χ0) is 11.8. The van der Waals surface area contributed by atoms with Gasteiger partial charge in [-0.2, -0.15) is 0 Å². The monoisotopic (exact) mass is 321 g/mol. The van der Waals surface area contributed by atoms with Crippen LogP contribution in [0, 0.1) is 0 Å². The van der Waals surface area contributed by atoms with Crippen molar-refractivity contribution in [2.75, 3.05) is 13.1 Å². The number of aryl methyl sites for hydroxylation is 1. The molecule has 0 saturated carbocycles. The van der Waals surface area contributed by atoms with Crippen LogP contribution in [0.4, 0.5) is 0 Å². The van der Waals surface area contributed by atoms with E-state index in [2.05, 4.69) is 28.0 Å². The number of fused-ring (bicyclic) bond motifs is 1. The highest BCUT2D eigenvalue weighted by atomic mass is 35.5. The maximum absolute atomic E-state index is 5.98. The number of pyridine rings is 1. The third-order valence-electron chi connectivity index (χ3n) is 3.63. The second-order valence-corrected chi connectivity index (χ2v) is 5.16. The summed E-state index contributed by atoms with van der Waals surface area (Å²) in [5, 5.41) is 5.26. The number of rotatable bonds is 1. The maximum atomic E-state index is 5.98. The van der Waals surface area contributed by atoms with E-state index >= 15 is 0 Å². The fourth-order valence-corrected chi connectivity index (χ4v) is 2.89. The van der Waals surface area contributed by atoms with Crippen molar-refractivity contribution in [3.63, 3.8) is 0 Å². The minimum atomic E-state index is 0. The van der Waals surface area contributed by atoms with Crippen LogP contribution in [0.3, 0.4) is 0 Å². The molecule has 3 rings (SSSR count). The summed E-state index contributed by atoms with van der Waals surface area (Å²) in [6.45, 7) is 2.22. The first-order valence-corrected chi connectivity index (χ1v) is 6.45. The average Bonchev–Trinajstić information content (AvgIpc) is 2.67. The Kier molecular flexibility index (Phi) is 5.93. The number of nitrogens with zero attached hydrogens (tertiary/aromatic N) is 2. The van der Waals surface area contributed by atoms with Crippen LogP contribution in [-0.4, -0.2) is 22.6 Å². The molecule has 1 fully saturated rings. The molecule has 1 aliphatic rings. The van der Waals surface area contributed by atoms with Crippen molar-refractivity contribution in [1.29, 1.82) is 0 Å². The molecule has 1 saturated heterocycles. The Morgan fingerprint density at radius 3 is 2.63 bits per heavy atom. The fourth-order valence-electron chi connectivity index (χ4n) is 2.72. The lowest BCUT2D eigenvalue weighted by Crippen LogP contribution is -2.27. The molecule has 0 aliphatic carbocycles. The van der Waals surface area contributed by atoms with E-state index < -0.39 is 0 Å². The molecule has 1 aliphatic heterocycles. The SMILES string of the molecule is Cl.Cl.Cn1c(C2CCNCC2)cc2cc(Cl)cnc21. The van der Waals surface area contributed by atoms with Crippen LogP contribution in [0.5, 0.6) is 0 Å². The summed E-state index contributed by atoms with van der Waals surface area (Å²) in [5.74, 6) is 0.647. The van der Waals surface area contributed by atoms with Gasteiger partial charge in [-0.25, -0.2) is 4.98 Å². The van der Waals surface area contributed by atoms with Crippen molar-refractivity contribution in [3.8, 4) is 0 Å². The molecule has 0 radical (unpaired) electrons. The molecule has 0 aromatic carbocycles. The van der Waals surface area contributed by atoms with Gasteiger partial charge in [0, 0.05) is 30.2 Å². The van der Waals surface area contributed by atoms with Crippen molar-refractivity contribution >= 4 is 47.4 Å². The quantitative estimate of drug-likeness (QED) is 0.870. The van der Waals surface area contributed by atoms with Crippen LogP contribution in [0.25, 0.3) is 11.0 Å². The van der Waals surface area contributed by atoms with Gasteiger partial charge in [0.2, 0.25) is 0 Å². The summed E-state index contributed by atoms with van der Waals surface area (Å²) in [6, 6.07) is 4.23. The Balaban J connectivity index is 0.000000902. The van der Waals surface area contributed by atoms with Crippen molar-refractivity contribution in [1.82, 2.24) is 14.9 Å². The molecular formula is C13H18Cl3N3. The summed E-state index contributed by atoms with van der Waals surface area (Å²) in [6.07, 6.45) is 4.13. The lowest BCUT2D eigenvalue weighted by Gasteiger charge is -2.23. The van der Waals surface area contributed by atoms with E-state index in [1.807, 2.05) is 6.07 Å². The van der Waals surface area contributed by atoms with Gasteiger partial charge in [-0.05, 0) is 38.1 Å². The van der Waals surface area contributed by atoms with E-state index in [0.29, 0.717) is 10.9 Å². The first kappa shape index (κ1) is 16.6. The Morgan fingerprint density at radius 2 is 1.95 bits per heavy atom. The highest BCUT2D eigenvalue weighted by Crippen LogP contribution is 2.30. The molecule has 3 heterocycles. The van der Waals surface area contributed by atoms with Gasteiger partial charge in [-0.15, -0.1) is 24.8 Å². The Bertz CT molecular complexity index is 547. The van der Waals surface area contributed by atoms with Gasteiger partial charge >= 0.3 is 0 Å². The summed E-state index contributed by atoms with van der Waals surface area (Å²) in [4.78, 5) is 4.41. The van der Waals surface area contributed by atoms with E-state index in [4.69, 9.17) is 11.6 Å². The molecule has 3 nitrogen and oxygen atoms in total. The van der Waals surface area contributed by atoms with Crippen LogP contribution in [0.1, 0.15) is 24.5 Å². The van der Waals surface area contributed by atoms with Gasteiger partial charge < -0.3 is 9.88 Å². The molecule has 6 heteroatoms. The molecule has 0 amide bonds. The number of hydrogen-bond donors (Lipinski definition) is 1. The lowest BCUT2D eigenvalue weighted by molar-refractivity contribution is 0.446. The fraction of sp³-hybridized carbons (Fsp3) is 0.462. The van der Waals surface area contributed by atoms with E-state index in [9.17, 15) is 0 Å². The summed E-state index contributed by atoms with van der Waals surface area (Å²) in [7, 11) is 2.10. The molecule has 0 bridgehead atoms. The van der Waals surface area contributed by atoms with Gasteiger partial charge in [-0.3, -0.25) is 0 Å². The summed E-state index contributed by atoms with van der Waals surface area (Å²) >= 11 is 5.98. The highest BCUT2D eigenvalue weighted by molar-refractivity contribution is 6.31. The minimum Gasteiger partial charge on any atom is -0.332 e. The van der Waals surface area contributed by atoms with Gasteiger partial charge in [0.15, 0.2) is 0 Å². The Morgan fingerprint density at radius 1 is 1.26 bits per heavy atom. The Labute approximate surface area is 130 Å². The van der Waals surface area contributed by atoms with Crippen LogP contribution in [0.15, 0.2) is 18.3 Å². The molecule has 2 aromatic heterocycles. The first-order chi connectivity index (χ1) is 8.25. The predicted octanol–water partition coefficient (Wildman–Crippen LogP) is 3.54. The highest BCUT2D eigenvalue weighted by Gasteiger charge is 2.19. The van der Waals surface area contributed by atoms with E-state index in [-0.39, 0.29) is 24.8 Å². The van der Waals surface area contributed by atoms with Crippen LogP contribution >= 0.6 is 36.4 Å². The molecule has 0 unspecified atom stereocenters. The number of halogens is 3. The first-order valence-electron chi connectivity index (χ1n) is 6.07. The summed E-state index contributed by atoms with van der Waals surface area (Å²) < 4.78 is 2.21. The zero-order valence-corrected chi connectivity index (χ0v) is 13.1. The second kappa shape index (κ2) is 6.80. The van der Waals surface area contributed by atoms with Crippen LogP contribution < -0.4 is 5.32 Å². The third-order valence-corrected chi connectivity index (χ3v) is 3.83. The number of nitrogens with one attached hydrogen (secondary N) is 1. The van der Waals surface area contributed by atoms with Gasteiger partial charge in [0.05, 0.1) is 5.02 Å². The molecule has 0 atom stereocenters. The Hall–Kier alpha value is -0.480. The average molecular weight is 323 g/mol.